The summed E-state index contributed by atoms with van der Waals surface area (Å²) in [7, 11) is 0. The minimum atomic E-state index is -0.728. The Kier molecular flexibility index (Phi) is 23.7. The van der Waals surface area contributed by atoms with Crippen molar-refractivity contribution in [3.05, 3.63) is 283 Å². The van der Waals surface area contributed by atoms with Gasteiger partial charge in [-0.15, -0.1) is 0 Å². The normalized spacial score (nSPS) is 13.0. The number of hydrogen-bond donors (Lipinski definition) is 9. The Bertz CT molecular complexity index is 4530. The van der Waals surface area contributed by atoms with Gasteiger partial charge in [0, 0.05) is 88.1 Å². The fourth-order valence-electron chi connectivity index (χ4n) is 10.8. The summed E-state index contributed by atoms with van der Waals surface area (Å²) < 4.78 is 44.3. The highest BCUT2D eigenvalue weighted by atomic mass is 35.5. The molecule has 0 aliphatic carbocycles. The van der Waals surface area contributed by atoms with Crippen molar-refractivity contribution < 1.29 is 41.9 Å². The van der Waals surface area contributed by atoms with Crippen molar-refractivity contribution in [1.82, 2.24) is 14.7 Å². The average molecular weight is 1390 g/mol. The topological polar surface area (TPSA) is 256 Å². The van der Waals surface area contributed by atoms with Gasteiger partial charge < -0.3 is 46.6 Å². The number of anilines is 6. The molecule has 0 radical (unpaired) electrons. The number of halogens is 6. The number of nitrogens with zero attached hydrogens (tertiary/aromatic N) is 3. The quantitative estimate of drug-likeness (QED) is 0.0349. The summed E-state index contributed by atoms with van der Waals surface area (Å²) in [6.45, 7) is 4.65. The van der Waals surface area contributed by atoms with Crippen molar-refractivity contribution in [1.29, 1.82) is 16.2 Å². The zero-order valence-electron chi connectivity index (χ0n) is 53.1. The van der Waals surface area contributed by atoms with Crippen LogP contribution in [0.15, 0.2) is 200 Å². The van der Waals surface area contributed by atoms with Crippen molar-refractivity contribution in [2.45, 2.75) is 38.5 Å². The Hall–Kier alpha value is -11.1. The van der Waals surface area contributed by atoms with Crippen LogP contribution in [0.25, 0.3) is 0 Å². The van der Waals surface area contributed by atoms with Crippen molar-refractivity contribution in [2.24, 2.45) is 0 Å². The van der Waals surface area contributed by atoms with E-state index in [1.165, 1.54) is 36.4 Å². The van der Waals surface area contributed by atoms with E-state index in [0.29, 0.717) is 48.8 Å². The molecule has 0 atom stereocenters. The van der Waals surface area contributed by atoms with Crippen molar-refractivity contribution in [3.8, 4) is 0 Å². The standard InChI is InChI=1S/C26H24ClFN4O2.C25H22ClFN4O2.C24H20ClFN4O2/c27-18-9-11-19(12-10-18)30-26(34)21-6-2-3-7-23(21)31-25(33)20-13-8-17(16-22(20)28)24(29)32-14-4-1-5-15-32;26-17-8-10-18(11-9-17)29-25(33)20-5-1-2-6-22(20)30-24(32)19-12-7-16(15-21(19)27)23(28)31-13-3-4-14-31;25-16-7-9-17(10-8-16)28-24(32)19-4-1-2-5-21(19)29-23(31)18-11-6-15(14-20(18)26)22(27)30-12-3-13-30/h2-3,6-13,16,29H,1,4-5,14-15H2,(H,30,34)(H,31,33);1-2,5-12,15,28H,3-4,13-14H2,(H,29,33)(H,30,32);1-2,4-11,14,27H,3,12-13H2,(H,28,32)(H,29,31). The molecule has 24 heteroatoms. The van der Waals surface area contributed by atoms with E-state index in [2.05, 4.69) is 31.9 Å². The maximum Gasteiger partial charge on any atom is 0.258 e. The van der Waals surface area contributed by atoms with Crippen LogP contribution in [0.2, 0.25) is 15.1 Å². The monoisotopic (exact) mass is 1390 g/mol. The van der Waals surface area contributed by atoms with Gasteiger partial charge in [-0.2, -0.15) is 0 Å². The number of likely N-dealkylation sites (tertiary alicyclic amines) is 3. The van der Waals surface area contributed by atoms with E-state index in [0.717, 1.165) is 77.8 Å². The second kappa shape index (κ2) is 33.2. The minimum Gasteiger partial charge on any atom is -0.357 e. The summed E-state index contributed by atoms with van der Waals surface area (Å²) in [4.78, 5) is 82.2. The van der Waals surface area contributed by atoms with Crippen LogP contribution in [0.3, 0.4) is 0 Å². The number of amides is 6. The summed E-state index contributed by atoms with van der Waals surface area (Å²) in [5.41, 5.74) is 3.87. The second-order valence-corrected chi connectivity index (χ2v) is 24.4. The lowest BCUT2D eigenvalue weighted by molar-refractivity contribution is 0.100. The Morgan fingerprint density at radius 2 is 0.535 bits per heavy atom. The summed E-state index contributed by atoms with van der Waals surface area (Å²) in [5.74, 6) is -4.75. The molecule has 3 aliphatic heterocycles. The Labute approximate surface area is 584 Å². The number of amidine groups is 3. The van der Waals surface area contributed by atoms with Crippen molar-refractivity contribution >= 4 is 122 Å². The second-order valence-electron chi connectivity index (χ2n) is 23.1. The Morgan fingerprint density at radius 1 is 0.293 bits per heavy atom. The molecule has 3 fully saturated rings. The number of hydrogen-bond acceptors (Lipinski definition) is 9. The first-order valence-electron chi connectivity index (χ1n) is 31.6. The number of benzene rings is 9. The summed E-state index contributed by atoms with van der Waals surface area (Å²) >= 11 is 17.6. The van der Waals surface area contributed by atoms with Gasteiger partial charge in [0.25, 0.3) is 35.4 Å². The van der Waals surface area contributed by atoms with Crippen LogP contribution in [-0.2, 0) is 0 Å². The highest BCUT2D eigenvalue weighted by Gasteiger charge is 2.25. The molecule has 6 amide bonds. The highest BCUT2D eigenvalue weighted by Crippen LogP contribution is 2.27. The number of piperidine rings is 1. The molecule has 9 aromatic carbocycles. The fraction of sp³-hybridized carbons (Fsp3) is 0.160. The molecule has 12 rings (SSSR count). The molecule has 0 aromatic heterocycles. The molecule has 18 nitrogen and oxygen atoms in total. The lowest BCUT2D eigenvalue weighted by Gasteiger charge is -2.33. The van der Waals surface area contributed by atoms with Gasteiger partial charge in [0.1, 0.15) is 35.0 Å². The molecule has 0 saturated carbocycles. The molecule has 0 spiro atoms. The van der Waals surface area contributed by atoms with E-state index in [-0.39, 0.29) is 67.9 Å². The van der Waals surface area contributed by atoms with Crippen LogP contribution in [0.1, 0.15) is 117 Å². The van der Waals surface area contributed by atoms with Crippen LogP contribution >= 0.6 is 34.8 Å². The Balaban J connectivity index is 0.000000161. The molecular formula is C75H66Cl3F3N12O6. The lowest BCUT2D eigenvalue weighted by atomic mass is 10.1. The number of para-hydroxylation sites is 3. The number of carbonyl (C=O) groups excluding carboxylic acids is 6. The zero-order chi connectivity index (χ0) is 70.1. The van der Waals surface area contributed by atoms with Gasteiger partial charge in [-0.1, -0.05) is 89.4 Å². The lowest BCUT2D eigenvalue weighted by Crippen LogP contribution is -2.42. The predicted octanol–water partition coefficient (Wildman–Crippen LogP) is 16.2. The van der Waals surface area contributed by atoms with Crippen LogP contribution in [-0.4, -0.2) is 107 Å². The maximum absolute atomic E-state index is 14.8. The molecule has 3 heterocycles. The van der Waals surface area contributed by atoms with Crippen LogP contribution in [0.4, 0.5) is 47.3 Å². The van der Waals surface area contributed by atoms with Crippen molar-refractivity contribution in [3.63, 3.8) is 0 Å². The predicted molar refractivity (Wildman–Crippen MR) is 384 cm³/mol. The number of nitrogens with one attached hydrogen (secondary N) is 9. The van der Waals surface area contributed by atoms with Gasteiger partial charge in [-0.25, -0.2) is 13.2 Å². The van der Waals surface area contributed by atoms with Crippen molar-refractivity contribution in [2.75, 3.05) is 71.2 Å². The van der Waals surface area contributed by atoms with Crippen LogP contribution in [0.5, 0.6) is 0 Å². The molecule has 0 bridgehead atoms. The first-order valence-corrected chi connectivity index (χ1v) is 32.7. The number of carbonyl (C=O) groups is 6. The molecule has 3 aliphatic rings. The zero-order valence-corrected chi connectivity index (χ0v) is 55.4. The van der Waals surface area contributed by atoms with E-state index < -0.39 is 52.9 Å². The Morgan fingerprint density at radius 3 is 0.788 bits per heavy atom. The summed E-state index contributed by atoms with van der Waals surface area (Å²) in [6.07, 6.45) is 6.19. The third kappa shape index (κ3) is 18.5. The van der Waals surface area contributed by atoms with E-state index in [9.17, 15) is 41.9 Å². The van der Waals surface area contributed by atoms with Gasteiger partial charge in [0.15, 0.2) is 0 Å². The SMILES string of the molecule is N=C(c1ccc(C(=O)Nc2ccccc2C(=O)Nc2ccc(Cl)cc2)c(F)c1)N1CCC1.N=C(c1ccc(C(=O)Nc2ccccc2C(=O)Nc2ccc(Cl)cc2)c(F)c1)N1CCCC1.N=C(c1ccc(C(=O)Nc2ccccc2C(=O)Nc2ccc(Cl)cc2)c(F)c1)N1CCCCC1. The molecule has 99 heavy (non-hydrogen) atoms. The molecule has 0 unspecified atom stereocenters. The molecular weight excluding hydrogens is 1330 g/mol. The molecule has 9 aromatic rings. The van der Waals surface area contributed by atoms with Crippen LogP contribution in [0, 0.1) is 33.7 Å². The van der Waals surface area contributed by atoms with E-state index in [1.54, 1.807) is 164 Å². The molecule has 3 saturated heterocycles. The maximum atomic E-state index is 14.8. The van der Waals surface area contributed by atoms with E-state index in [1.807, 2.05) is 14.7 Å². The summed E-state index contributed by atoms with van der Waals surface area (Å²) in [6, 6.07) is 51.7. The fourth-order valence-corrected chi connectivity index (χ4v) is 11.2. The highest BCUT2D eigenvalue weighted by molar-refractivity contribution is 6.31. The van der Waals surface area contributed by atoms with Gasteiger partial charge in [-0.3, -0.25) is 45.0 Å². The average Bonchev–Trinajstić information content (AvgIpc) is 0.936. The summed E-state index contributed by atoms with van der Waals surface area (Å²) in [5, 5.41) is 42.5. The first-order chi connectivity index (χ1) is 47.8. The third-order valence-corrected chi connectivity index (χ3v) is 17.1. The van der Waals surface area contributed by atoms with Gasteiger partial charge >= 0.3 is 0 Å². The van der Waals surface area contributed by atoms with E-state index in [4.69, 9.17) is 51.0 Å². The smallest absolute Gasteiger partial charge is 0.258 e. The first kappa shape index (κ1) is 70.7. The number of rotatable bonds is 15. The molecule has 9 N–H and O–H groups in total. The molecule has 504 valence electrons. The van der Waals surface area contributed by atoms with Gasteiger partial charge in [-0.05, 0) is 184 Å². The van der Waals surface area contributed by atoms with E-state index >= 15 is 0 Å². The largest absolute Gasteiger partial charge is 0.357 e. The minimum absolute atomic E-state index is 0.164. The van der Waals surface area contributed by atoms with Gasteiger partial charge in [0.05, 0.1) is 50.4 Å². The van der Waals surface area contributed by atoms with Gasteiger partial charge in [0.2, 0.25) is 0 Å². The van der Waals surface area contributed by atoms with Crippen LogP contribution < -0.4 is 31.9 Å². The third-order valence-electron chi connectivity index (χ3n) is 16.3.